The van der Waals surface area contributed by atoms with Crippen LogP contribution in [0.2, 0.25) is 0 Å². The Morgan fingerprint density at radius 2 is 2.47 bits per heavy atom. The second-order valence-electron chi connectivity index (χ2n) is 3.66. The van der Waals surface area contributed by atoms with Gasteiger partial charge in [0.15, 0.2) is 0 Å². The lowest BCUT2D eigenvalue weighted by Crippen LogP contribution is -2.20. The van der Waals surface area contributed by atoms with Gasteiger partial charge >= 0.3 is 0 Å². The van der Waals surface area contributed by atoms with E-state index < -0.39 is 0 Å². The molecule has 0 atom stereocenters. The Hall–Kier alpha value is -2.55. The van der Waals surface area contributed by atoms with Gasteiger partial charge in [0.1, 0.15) is 6.54 Å². The van der Waals surface area contributed by atoms with Gasteiger partial charge in [0.05, 0.1) is 16.8 Å². The second-order valence-corrected chi connectivity index (χ2v) is 4.60. The normalized spacial score (nSPS) is 10.5. The van der Waals surface area contributed by atoms with Crippen LogP contribution in [-0.4, -0.2) is 36.3 Å². The van der Waals surface area contributed by atoms with Crippen molar-refractivity contribution < 1.29 is 4.79 Å². The molecule has 1 amide bonds. The minimum absolute atomic E-state index is 0.00353. The Morgan fingerprint density at radius 1 is 1.53 bits per heavy atom. The van der Waals surface area contributed by atoms with E-state index in [1.54, 1.807) is 6.20 Å². The first-order valence-corrected chi connectivity index (χ1v) is 6.29. The van der Waals surface area contributed by atoms with Crippen molar-refractivity contribution in [1.82, 2.24) is 30.4 Å². The third-order valence-corrected chi connectivity index (χ3v) is 3.13. The zero-order valence-electron chi connectivity index (χ0n) is 9.65. The van der Waals surface area contributed by atoms with Gasteiger partial charge < -0.3 is 5.32 Å². The zero-order valence-corrected chi connectivity index (χ0v) is 10.5. The maximum Gasteiger partial charge on any atom is 0.248 e. The minimum atomic E-state index is -0.239. The molecule has 19 heavy (non-hydrogen) atoms. The van der Waals surface area contributed by atoms with Gasteiger partial charge in [-0.25, -0.2) is 0 Å². The van der Waals surface area contributed by atoms with Crippen LogP contribution >= 0.6 is 11.3 Å². The van der Waals surface area contributed by atoms with Crippen molar-refractivity contribution in [2.75, 3.05) is 5.32 Å². The molecule has 0 bridgehead atoms. The van der Waals surface area contributed by atoms with Gasteiger partial charge in [0.2, 0.25) is 11.7 Å². The van der Waals surface area contributed by atoms with Crippen LogP contribution < -0.4 is 5.32 Å². The number of H-pyrrole nitrogens is 1. The highest BCUT2D eigenvalue weighted by atomic mass is 32.1. The Balaban J connectivity index is 1.65. The van der Waals surface area contributed by atoms with Gasteiger partial charge in [-0.3, -0.25) is 9.89 Å². The molecule has 0 aliphatic rings. The Kier molecular flexibility index (Phi) is 3.02. The molecule has 3 aromatic heterocycles. The molecule has 0 saturated carbocycles. The van der Waals surface area contributed by atoms with Crippen LogP contribution in [0.4, 0.5) is 5.69 Å². The molecule has 0 spiro atoms. The Labute approximate surface area is 111 Å². The fourth-order valence-electron chi connectivity index (χ4n) is 1.46. The van der Waals surface area contributed by atoms with Gasteiger partial charge in [-0.1, -0.05) is 6.07 Å². The lowest BCUT2D eigenvalue weighted by Gasteiger charge is -1.99. The zero-order chi connectivity index (χ0) is 13.1. The number of hydrogen-bond donors (Lipinski definition) is 2. The van der Waals surface area contributed by atoms with Gasteiger partial charge in [-0.05, 0) is 16.7 Å². The fraction of sp³-hybridized carbons (Fsp3) is 0.100. The first-order chi connectivity index (χ1) is 9.31. The lowest BCUT2D eigenvalue weighted by atomic mass is 10.5. The fourth-order valence-corrected chi connectivity index (χ4v) is 2.11. The molecular weight excluding hydrogens is 266 g/mol. The number of nitrogens with one attached hydrogen (secondary N) is 2. The molecule has 3 heterocycles. The first kappa shape index (κ1) is 11.5. The van der Waals surface area contributed by atoms with E-state index in [9.17, 15) is 4.79 Å². The summed E-state index contributed by atoms with van der Waals surface area (Å²) >= 11 is 1.52. The molecule has 0 saturated heterocycles. The number of carbonyl (C=O) groups excluding carboxylic acids is 1. The summed E-state index contributed by atoms with van der Waals surface area (Å²) in [5, 5.41) is 22.8. The molecule has 3 rings (SSSR count). The van der Waals surface area contributed by atoms with E-state index in [0.717, 1.165) is 4.88 Å². The number of tetrazole rings is 1. The standard InChI is InChI=1S/C10H9N7OS/c18-9(13-7-4-11-12-5-7)6-17-15-10(14-16-17)8-2-1-3-19-8/h1-5H,6H2,(H,11,12)(H,13,18). The van der Waals surface area contributed by atoms with Crippen molar-refractivity contribution in [3.05, 3.63) is 29.9 Å². The highest BCUT2D eigenvalue weighted by Gasteiger charge is 2.10. The number of hydrogen-bond acceptors (Lipinski definition) is 6. The number of thiophene rings is 1. The molecule has 0 aromatic carbocycles. The average molecular weight is 275 g/mol. The average Bonchev–Trinajstić information content (AvgIpc) is 3.09. The van der Waals surface area contributed by atoms with E-state index in [1.807, 2.05) is 17.5 Å². The molecule has 0 radical (unpaired) electrons. The van der Waals surface area contributed by atoms with Gasteiger partial charge in [0.25, 0.3) is 0 Å². The maximum absolute atomic E-state index is 11.7. The molecular formula is C10H9N7OS. The summed E-state index contributed by atoms with van der Waals surface area (Å²) in [6.07, 6.45) is 3.10. The summed E-state index contributed by atoms with van der Waals surface area (Å²) in [6, 6.07) is 3.81. The lowest BCUT2D eigenvalue weighted by molar-refractivity contribution is -0.117. The Morgan fingerprint density at radius 3 is 3.21 bits per heavy atom. The van der Waals surface area contributed by atoms with Crippen LogP contribution in [0.5, 0.6) is 0 Å². The quantitative estimate of drug-likeness (QED) is 0.732. The molecule has 8 nitrogen and oxygen atoms in total. The van der Waals surface area contributed by atoms with Crippen molar-refractivity contribution in [3.63, 3.8) is 0 Å². The molecule has 0 aliphatic carbocycles. The van der Waals surface area contributed by atoms with E-state index in [1.165, 1.54) is 22.3 Å². The number of rotatable bonds is 4. The van der Waals surface area contributed by atoms with Crippen LogP contribution in [-0.2, 0) is 11.3 Å². The predicted molar refractivity (Wildman–Crippen MR) is 68.3 cm³/mol. The van der Waals surface area contributed by atoms with Crippen molar-refractivity contribution in [2.24, 2.45) is 0 Å². The largest absolute Gasteiger partial charge is 0.322 e. The highest BCUT2D eigenvalue weighted by molar-refractivity contribution is 7.13. The summed E-state index contributed by atoms with van der Waals surface area (Å²) < 4.78 is 0. The molecule has 0 aliphatic heterocycles. The smallest absolute Gasteiger partial charge is 0.248 e. The topological polar surface area (TPSA) is 101 Å². The number of anilines is 1. The third kappa shape index (κ3) is 2.65. The monoisotopic (exact) mass is 275 g/mol. The molecule has 3 aromatic rings. The number of amides is 1. The van der Waals surface area contributed by atoms with Gasteiger partial charge in [0, 0.05) is 6.20 Å². The van der Waals surface area contributed by atoms with E-state index >= 15 is 0 Å². The highest BCUT2D eigenvalue weighted by Crippen LogP contribution is 2.19. The molecule has 0 fully saturated rings. The molecule has 2 N–H and O–H groups in total. The minimum Gasteiger partial charge on any atom is -0.322 e. The molecule has 9 heteroatoms. The second kappa shape index (κ2) is 4.98. The first-order valence-electron chi connectivity index (χ1n) is 5.41. The van der Waals surface area contributed by atoms with E-state index in [4.69, 9.17) is 0 Å². The van der Waals surface area contributed by atoms with Crippen molar-refractivity contribution in [2.45, 2.75) is 6.54 Å². The predicted octanol–water partition coefficient (Wildman–Crippen LogP) is 0.763. The van der Waals surface area contributed by atoms with Crippen LogP contribution in [0, 0.1) is 0 Å². The van der Waals surface area contributed by atoms with Gasteiger partial charge in [-0.2, -0.15) is 9.90 Å². The SMILES string of the molecule is O=C(Cn1nnc(-c2cccs2)n1)Nc1cn[nH]c1. The summed E-state index contributed by atoms with van der Waals surface area (Å²) in [4.78, 5) is 13.9. The number of nitrogens with zero attached hydrogens (tertiary/aromatic N) is 5. The van der Waals surface area contributed by atoms with E-state index in [-0.39, 0.29) is 12.5 Å². The van der Waals surface area contributed by atoms with Crippen molar-refractivity contribution in [1.29, 1.82) is 0 Å². The maximum atomic E-state index is 11.7. The van der Waals surface area contributed by atoms with Crippen LogP contribution in [0.3, 0.4) is 0 Å². The number of aromatic amines is 1. The van der Waals surface area contributed by atoms with E-state index in [0.29, 0.717) is 11.5 Å². The van der Waals surface area contributed by atoms with Gasteiger partial charge in [-0.15, -0.1) is 21.5 Å². The van der Waals surface area contributed by atoms with Crippen molar-refractivity contribution in [3.8, 4) is 10.7 Å². The summed E-state index contributed by atoms with van der Waals surface area (Å²) in [7, 11) is 0. The summed E-state index contributed by atoms with van der Waals surface area (Å²) in [5.74, 6) is 0.280. The molecule has 0 unspecified atom stereocenters. The third-order valence-electron chi connectivity index (χ3n) is 2.26. The number of aromatic nitrogens is 6. The van der Waals surface area contributed by atoms with Crippen LogP contribution in [0.15, 0.2) is 29.9 Å². The number of carbonyl (C=O) groups is 1. The van der Waals surface area contributed by atoms with Crippen LogP contribution in [0.25, 0.3) is 10.7 Å². The van der Waals surface area contributed by atoms with Crippen LogP contribution in [0.1, 0.15) is 0 Å². The Bertz CT molecular complexity index is 658. The summed E-state index contributed by atoms with van der Waals surface area (Å²) in [6.45, 7) is 0.00353. The van der Waals surface area contributed by atoms with E-state index in [2.05, 4.69) is 30.9 Å². The molecule has 96 valence electrons. The summed E-state index contributed by atoms with van der Waals surface area (Å²) in [5.41, 5.74) is 0.601. The van der Waals surface area contributed by atoms with Crippen molar-refractivity contribution >= 4 is 22.9 Å².